The Hall–Kier alpha value is -2.13. The molecule has 1 amide bonds. The maximum atomic E-state index is 12.6. The molecule has 0 saturated heterocycles. The molecule has 0 aromatic heterocycles. The van der Waals surface area contributed by atoms with Crippen LogP contribution in [0.5, 0.6) is 0 Å². The number of benzene rings is 2. The molecule has 0 unspecified atom stereocenters. The highest BCUT2D eigenvalue weighted by molar-refractivity contribution is 6.31. The number of nitrogens with one attached hydrogen (secondary N) is 1. The molecule has 0 spiro atoms. The Labute approximate surface area is 135 Å². The molecule has 0 saturated carbocycles. The summed E-state index contributed by atoms with van der Waals surface area (Å²) >= 11 is 6.01. The van der Waals surface area contributed by atoms with Crippen LogP contribution < -0.4 is 5.32 Å². The average molecular weight is 316 g/mol. The van der Waals surface area contributed by atoms with Crippen LogP contribution in [0.3, 0.4) is 0 Å². The summed E-state index contributed by atoms with van der Waals surface area (Å²) in [5, 5.41) is 3.26. The SMILES string of the molecule is CC(C)(C)C(=O)Nc1ccc(Cl)cc1C(=O)c1ccccc1. The molecule has 4 heteroatoms. The molecule has 114 valence electrons. The van der Waals surface area contributed by atoms with Crippen molar-refractivity contribution >= 4 is 29.0 Å². The number of anilines is 1. The van der Waals surface area contributed by atoms with E-state index in [0.29, 0.717) is 21.8 Å². The van der Waals surface area contributed by atoms with Crippen molar-refractivity contribution in [3.8, 4) is 0 Å². The van der Waals surface area contributed by atoms with Crippen LogP contribution in [0, 0.1) is 5.41 Å². The second-order valence-corrected chi connectivity index (χ2v) is 6.53. The summed E-state index contributed by atoms with van der Waals surface area (Å²) in [4.78, 5) is 24.8. The van der Waals surface area contributed by atoms with Gasteiger partial charge in [0.2, 0.25) is 5.91 Å². The number of halogens is 1. The molecule has 22 heavy (non-hydrogen) atoms. The van der Waals surface area contributed by atoms with E-state index in [1.807, 2.05) is 26.8 Å². The minimum atomic E-state index is -0.549. The van der Waals surface area contributed by atoms with Gasteiger partial charge in [0.1, 0.15) is 0 Å². The third-order valence-electron chi connectivity index (χ3n) is 3.19. The van der Waals surface area contributed by atoms with Crippen molar-refractivity contribution < 1.29 is 9.59 Å². The van der Waals surface area contributed by atoms with Gasteiger partial charge < -0.3 is 5.32 Å². The molecule has 0 atom stereocenters. The number of hydrogen-bond donors (Lipinski definition) is 1. The quantitative estimate of drug-likeness (QED) is 0.844. The van der Waals surface area contributed by atoms with Crippen LogP contribution in [0.25, 0.3) is 0 Å². The van der Waals surface area contributed by atoms with Crippen LogP contribution in [0.2, 0.25) is 5.02 Å². The Kier molecular flexibility index (Phi) is 4.67. The molecule has 2 aromatic rings. The molecular weight excluding hydrogens is 298 g/mol. The van der Waals surface area contributed by atoms with E-state index < -0.39 is 5.41 Å². The molecule has 0 aliphatic carbocycles. The van der Waals surface area contributed by atoms with E-state index in [4.69, 9.17) is 11.6 Å². The predicted molar refractivity (Wildman–Crippen MR) is 89.4 cm³/mol. The molecular formula is C18H18ClNO2. The third kappa shape index (κ3) is 3.74. The van der Waals surface area contributed by atoms with Gasteiger partial charge in [0.25, 0.3) is 0 Å². The Bertz CT molecular complexity index is 703. The minimum absolute atomic E-state index is 0.156. The fourth-order valence-corrected chi connectivity index (χ4v) is 2.04. The van der Waals surface area contributed by atoms with E-state index in [1.54, 1.807) is 42.5 Å². The maximum Gasteiger partial charge on any atom is 0.229 e. The molecule has 0 aliphatic heterocycles. The first-order chi connectivity index (χ1) is 10.3. The maximum absolute atomic E-state index is 12.6. The normalized spacial score (nSPS) is 11.1. The summed E-state index contributed by atoms with van der Waals surface area (Å²) in [5.41, 5.74) is 0.859. The van der Waals surface area contributed by atoms with Crippen LogP contribution in [0.4, 0.5) is 5.69 Å². The lowest BCUT2D eigenvalue weighted by Gasteiger charge is -2.19. The summed E-state index contributed by atoms with van der Waals surface area (Å²) in [6, 6.07) is 13.8. The largest absolute Gasteiger partial charge is 0.325 e. The zero-order chi connectivity index (χ0) is 16.3. The van der Waals surface area contributed by atoms with Crippen molar-refractivity contribution in [3.63, 3.8) is 0 Å². The van der Waals surface area contributed by atoms with Gasteiger partial charge in [-0.1, -0.05) is 62.7 Å². The Balaban J connectivity index is 2.41. The zero-order valence-corrected chi connectivity index (χ0v) is 13.6. The van der Waals surface area contributed by atoms with Gasteiger partial charge in [-0.3, -0.25) is 9.59 Å². The lowest BCUT2D eigenvalue weighted by atomic mass is 9.95. The molecule has 0 heterocycles. The van der Waals surface area contributed by atoms with E-state index in [1.165, 1.54) is 0 Å². The van der Waals surface area contributed by atoms with Crippen molar-refractivity contribution in [2.45, 2.75) is 20.8 Å². The van der Waals surface area contributed by atoms with Gasteiger partial charge in [0.05, 0.1) is 5.69 Å². The molecule has 1 N–H and O–H groups in total. The highest BCUT2D eigenvalue weighted by atomic mass is 35.5. The number of ketones is 1. The highest BCUT2D eigenvalue weighted by Crippen LogP contribution is 2.25. The van der Waals surface area contributed by atoms with Crippen molar-refractivity contribution in [1.29, 1.82) is 0 Å². The van der Waals surface area contributed by atoms with Crippen LogP contribution in [-0.2, 0) is 4.79 Å². The summed E-state index contributed by atoms with van der Waals surface area (Å²) < 4.78 is 0. The van der Waals surface area contributed by atoms with Gasteiger partial charge in [0, 0.05) is 21.6 Å². The van der Waals surface area contributed by atoms with Gasteiger partial charge in [-0.2, -0.15) is 0 Å². The summed E-state index contributed by atoms with van der Waals surface area (Å²) in [6.07, 6.45) is 0. The number of hydrogen-bond acceptors (Lipinski definition) is 2. The zero-order valence-electron chi connectivity index (χ0n) is 12.8. The Morgan fingerprint density at radius 1 is 1.00 bits per heavy atom. The Morgan fingerprint density at radius 3 is 2.23 bits per heavy atom. The predicted octanol–water partition coefficient (Wildman–Crippen LogP) is 4.56. The third-order valence-corrected chi connectivity index (χ3v) is 3.43. The van der Waals surface area contributed by atoms with E-state index >= 15 is 0 Å². The fourth-order valence-electron chi connectivity index (χ4n) is 1.87. The number of amides is 1. The van der Waals surface area contributed by atoms with Crippen molar-refractivity contribution in [2.75, 3.05) is 5.32 Å². The first kappa shape index (κ1) is 16.2. The van der Waals surface area contributed by atoms with Crippen molar-refractivity contribution in [1.82, 2.24) is 0 Å². The fraction of sp³-hybridized carbons (Fsp3) is 0.222. The van der Waals surface area contributed by atoms with E-state index in [0.717, 1.165) is 0 Å². The Morgan fingerprint density at radius 2 is 1.64 bits per heavy atom. The average Bonchev–Trinajstić information content (AvgIpc) is 2.48. The molecule has 0 fully saturated rings. The van der Waals surface area contributed by atoms with Gasteiger partial charge in [-0.05, 0) is 18.2 Å². The van der Waals surface area contributed by atoms with E-state index in [9.17, 15) is 9.59 Å². The van der Waals surface area contributed by atoms with Gasteiger partial charge in [-0.15, -0.1) is 0 Å². The number of carbonyl (C=O) groups is 2. The van der Waals surface area contributed by atoms with E-state index in [2.05, 4.69) is 5.32 Å². The molecule has 3 nitrogen and oxygen atoms in total. The van der Waals surface area contributed by atoms with Gasteiger partial charge in [-0.25, -0.2) is 0 Å². The van der Waals surface area contributed by atoms with E-state index in [-0.39, 0.29) is 11.7 Å². The molecule has 2 rings (SSSR count). The lowest BCUT2D eigenvalue weighted by Crippen LogP contribution is -2.28. The summed E-state index contributed by atoms with van der Waals surface area (Å²) in [6.45, 7) is 5.45. The standard InChI is InChI=1S/C18H18ClNO2/c1-18(2,3)17(22)20-15-10-9-13(19)11-14(15)16(21)12-7-5-4-6-8-12/h4-11H,1-3H3,(H,20,22). The van der Waals surface area contributed by atoms with Crippen LogP contribution in [-0.4, -0.2) is 11.7 Å². The number of rotatable bonds is 3. The number of carbonyl (C=O) groups excluding carboxylic acids is 2. The van der Waals surface area contributed by atoms with Crippen LogP contribution >= 0.6 is 11.6 Å². The topological polar surface area (TPSA) is 46.2 Å². The molecule has 0 aliphatic rings. The second kappa shape index (κ2) is 6.32. The van der Waals surface area contributed by atoms with Crippen LogP contribution in [0.15, 0.2) is 48.5 Å². The summed E-state index contributed by atoms with van der Waals surface area (Å²) in [7, 11) is 0. The lowest BCUT2D eigenvalue weighted by molar-refractivity contribution is -0.123. The minimum Gasteiger partial charge on any atom is -0.325 e. The second-order valence-electron chi connectivity index (χ2n) is 6.09. The monoisotopic (exact) mass is 315 g/mol. The van der Waals surface area contributed by atoms with Crippen LogP contribution in [0.1, 0.15) is 36.7 Å². The molecule has 0 radical (unpaired) electrons. The van der Waals surface area contributed by atoms with Crippen molar-refractivity contribution in [3.05, 3.63) is 64.7 Å². The van der Waals surface area contributed by atoms with Gasteiger partial charge in [0.15, 0.2) is 5.78 Å². The first-order valence-corrected chi connectivity index (χ1v) is 7.37. The summed E-state index contributed by atoms with van der Waals surface area (Å²) in [5.74, 6) is -0.329. The molecule has 2 aromatic carbocycles. The highest BCUT2D eigenvalue weighted by Gasteiger charge is 2.23. The van der Waals surface area contributed by atoms with Gasteiger partial charge >= 0.3 is 0 Å². The molecule has 0 bridgehead atoms. The smallest absolute Gasteiger partial charge is 0.229 e. The van der Waals surface area contributed by atoms with Crippen molar-refractivity contribution in [2.24, 2.45) is 5.41 Å². The first-order valence-electron chi connectivity index (χ1n) is 7.00.